The minimum Gasteiger partial charge on any atom is -0.477 e. The van der Waals surface area contributed by atoms with Crippen LogP contribution in [0, 0.1) is 6.92 Å². The molecule has 7 nitrogen and oxygen atoms in total. The fourth-order valence-corrected chi connectivity index (χ4v) is 2.78. The molecule has 1 aliphatic heterocycles. The number of rotatable bonds is 2. The van der Waals surface area contributed by atoms with Gasteiger partial charge in [0, 0.05) is 22.7 Å². The number of fused-ring (bicyclic) bond motifs is 2. The molecule has 1 aliphatic rings. The predicted molar refractivity (Wildman–Crippen MR) is 80.5 cm³/mol. The number of H-pyrrole nitrogens is 1. The molecule has 1 aromatic carbocycles. The molecule has 0 saturated carbocycles. The summed E-state index contributed by atoms with van der Waals surface area (Å²) in [5.74, 6) is 0.0109. The maximum Gasteiger partial charge on any atom is 0.352 e. The Labute approximate surface area is 125 Å². The number of nitrogens with one attached hydrogen (secondary N) is 2. The zero-order valence-corrected chi connectivity index (χ0v) is 11.7. The number of nitrogens with zero attached hydrogens (tertiary/aromatic N) is 3. The van der Waals surface area contributed by atoms with Crippen LogP contribution >= 0.6 is 0 Å². The van der Waals surface area contributed by atoms with Gasteiger partial charge in [0.2, 0.25) is 5.95 Å². The van der Waals surface area contributed by atoms with E-state index in [0.717, 1.165) is 16.5 Å². The van der Waals surface area contributed by atoms with Gasteiger partial charge in [0.05, 0.1) is 0 Å². The van der Waals surface area contributed by atoms with Crippen LogP contribution in [0.2, 0.25) is 0 Å². The summed E-state index contributed by atoms with van der Waals surface area (Å²) in [7, 11) is 0. The number of aromatic nitrogens is 4. The highest BCUT2D eigenvalue weighted by Gasteiger charge is 2.27. The first kappa shape index (κ1) is 12.6. The Hall–Kier alpha value is -3.09. The molecule has 3 aromatic rings. The highest BCUT2D eigenvalue weighted by molar-refractivity contribution is 5.91. The molecule has 2 aromatic heterocycles. The van der Waals surface area contributed by atoms with Crippen molar-refractivity contribution < 1.29 is 9.90 Å². The molecule has 0 fully saturated rings. The standard InChI is InChI=1S/C15H13N5O2/c1-8-17-15-18-12(14(21)22)6-13(20(15)19-8)10-7-16-11-5-3-2-4-9(10)11/h2-7,13,16H,1H3,(H,21,22)(H,17,18,19)/t13-/m1/s1. The third kappa shape index (κ3) is 1.79. The first-order valence-electron chi connectivity index (χ1n) is 6.85. The number of aliphatic carboxylic acids is 1. The lowest BCUT2D eigenvalue weighted by molar-refractivity contribution is -0.132. The molecular formula is C15H13N5O2. The minimum atomic E-state index is -1.02. The van der Waals surface area contributed by atoms with Crippen molar-refractivity contribution in [2.75, 3.05) is 5.32 Å². The molecule has 3 N–H and O–H groups in total. The number of anilines is 1. The summed E-state index contributed by atoms with van der Waals surface area (Å²) < 4.78 is 1.71. The number of benzene rings is 1. The van der Waals surface area contributed by atoms with Crippen LogP contribution in [0.1, 0.15) is 17.4 Å². The van der Waals surface area contributed by atoms with Gasteiger partial charge in [-0.2, -0.15) is 10.1 Å². The van der Waals surface area contributed by atoms with E-state index >= 15 is 0 Å². The fourth-order valence-electron chi connectivity index (χ4n) is 2.78. The van der Waals surface area contributed by atoms with Crippen molar-refractivity contribution in [3.63, 3.8) is 0 Å². The number of carboxylic acids is 1. The molecule has 4 rings (SSSR count). The molecule has 0 aliphatic carbocycles. The van der Waals surface area contributed by atoms with Crippen molar-refractivity contribution in [3.05, 3.63) is 53.6 Å². The average Bonchev–Trinajstić information content (AvgIpc) is 3.08. The smallest absolute Gasteiger partial charge is 0.352 e. The first-order valence-corrected chi connectivity index (χ1v) is 6.85. The van der Waals surface area contributed by atoms with E-state index in [1.54, 1.807) is 17.7 Å². The van der Waals surface area contributed by atoms with Crippen LogP contribution in [0.5, 0.6) is 0 Å². The fraction of sp³-hybridized carbons (Fsp3) is 0.133. The van der Waals surface area contributed by atoms with Gasteiger partial charge in [0.1, 0.15) is 17.6 Å². The number of aryl methyl sites for hydroxylation is 1. The van der Waals surface area contributed by atoms with Crippen LogP contribution < -0.4 is 5.32 Å². The van der Waals surface area contributed by atoms with Gasteiger partial charge in [-0.15, -0.1) is 0 Å². The normalized spacial score (nSPS) is 17.0. The summed E-state index contributed by atoms with van der Waals surface area (Å²) in [5, 5.41) is 17.5. The van der Waals surface area contributed by atoms with Gasteiger partial charge in [-0.25, -0.2) is 9.48 Å². The van der Waals surface area contributed by atoms with Crippen molar-refractivity contribution in [2.24, 2.45) is 0 Å². The summed E-state index contributed by atoms with van der Waals surface area (Å²) in [6, 6.07) is 7.57. The van der Waals surface area contributed by atoms with Crippen LogP contribution in [-0.4, -0.2) is 30.8 Å². The van der Waals surface area contributed by atoms with Crippen molar-refractivity contribution >= 4 is 22.8 Å². The molecule has 3 heterocycles. The molecule has 0 amide bonds. The number of carboxylic acid groups (broad SMARTS) is 1. The van der Waals surface area contributed by atoms with Crippen molar-refractivity contribution in [2.45, 2.75) is 13.0 Å². The molecular weight excluding hydrogens is 282 g/mol. The van der Waals surface area contributed by atoms with Crippen LogP contribution in [0.4, 0.5) is 5.95 Å². The van der Waals surface area contributed by atoms with Gasteiger partial charge in [0.15, 0.2) is 0 Å². The van der Waals surface area contributed by atoms with Gasteiger partial charge in [-0.05, 0) is 19.1 Å². The third-order valence-corrected chi connectivity index (χ3v) is 3.74. The molecule has 7 heteroatoms. The average molecular weight is 295 g/mol. The maximum absolute atomic E-state index is 11.4. The minimum absolute atomic E-state index is 0.107. The molecule has 0 bridgehead atoms. The Morgan fingerprint density at radius 3 is 3.00 bits per heavy atom. The van der Waals surface area contributed by atoms with E-state index in [1.807, 2.05) is 30.5 Å². The van der Waals surface area contributed by atoms with Gasteiger partial charge in [0.25, 0.3) is 0 Å². The van der Waals surface area contributed by atoms with E-state index in [4.69, 9.17) is 0 Å². The van der Waals surface area contributed by atoms with Crippen molar-refractivity contribution in [3.8, 4) is 0 Å². The van der Waals surface area contributed by atoms with Crippen LogP contribution in [0.25, 0.3) is 10.9 Å². The van der Waals surface area contributed by atoms with Crippen LogP contribution in [-0.2, 0) is 4.79 Å². The Morgan fingerprint density at radius 2 is 2.18 bits per heavy atom. The van der Waals surface area contributed by atoms with Gasteiger partial charge in [-0.3, -0.25) is 0 Å². The lowest BCUT2D eigenvalue weighted by atomic mass is 10.0. The predicted octanol–water partition coefficient (Wildman–Crippen LogP) is 2.05. The largest absolute Gasteiger partial charge is 0.477 e. The summed E-state index contributed by atoms with van der Waals surface area (Å²) in [6.45, 7) is 1.78. The Morgan fingerprint density at radius 1 is 1.36 bits per heavy atom. The molecule has 110 valence electrons. The van der Waals surface area contributed by atoms with Crippen molar-refractivity contribution in [1.82, 2.24) is 19.7 Å². The Bertz CT molecular complexity index is 921. The number of allylic oxidation sites excluding steroid dienone is 1. The Kier molecular flexibility index (Phi) is 2.56. The molecule has 22 heavy (non-hydrogen) atoms. The Balaban J connectivity index is 1.94. The quantitative estimate of drug-likeness (QED) is 0.672. The third-order valence-electron chi connectivity index (χ3n) is 3.74. The highest BCUT2D eigenvalue weighted by Crippen LogP contribution is 2.33. The molecule has 0 unspecified atom stereocenters. The van der Waals surface area contributed by atoms with E-state index in [-0.39, 0.29) is 11.7 Å². The number of hydrogen-bond donors (Lipinski definition) is 3. The number of hydrogen-bond acceptors (Lipinski definition) is 4. The van der Waals surface area contributed by atoms with Crippen LogP contribution in [0.3, 0.4) is 0 Å². The van der Waals surface area contributed by atoms with Gasteiger partial charge < -0.3 is 15.4 Å². The second-order valence-electron chi connectivity index (χ2n) is 5.17. The summed E-state index contributed by atoms with van der Waals surface area (Å²) in [5.41, 5.74) is 2.07. The van der Waals surface area contributed by atoms with E-state index < -0.39 is 5.97 Å². The summed E-state index contributed by atoms with van der Waals surface area (Å²) in [6.07, 6.45) is 3.54. The van der Waals surface area contributed by atoms with Crippen LogP contribution in [0.15, 0.2) is 42.2 Å². The zero-order valence-electron chi connectivity index (χ0n) is 11.7. The van der Waals surface area contributed by atoms with E-state index in [9.17, 15) is 9.90 Å². The van der Waals surface area contributed by atoms with E-state index in [0.29, 0.717) is 11.8 Å². The zero-order chi connectivity index (χ0) is 15.3. The molecule has 0 saturated heterocycles. The lowest BCUT2D eigenvalue weighted by Gasteiger charge is -2.21. The second kappa shape index (κ2) is 4.45. The SMILES string of the molecule is Cc1nc2n(n1)[C@@H](c1c[nH]c3ccccc13)C=C(C(=O)O)N2. The highest BCUT2D eigenvalue weighted by atomic mass is 16.4. The lowest BCUT2D eigenvalue weighted by Crippen LogP contribution is -2.24. The summed E-state index contributed by atoms with van der Waals surface area (Å²) in [4.78, 5) is 18.8. The van der Waals surface area contributed by atoms with E-state index in [2.05, 4.69) is 20.4 Å². The number of aromatic amines is 1. The van der Waals surface area contributed by atoms with Crippen molar-refractivity contribution in [1.29, 1.82) is 0 Å². The van der Waals surface area contributed by atoms with Gasteiger partial charge >= 0.3 is 5.97 Å². The van der Waals surface area contributed by atoms with Gasteiger partial charge in [-0.1, -0.05) is 18.2 Å². The topological polar surface area (TPSA) is 95.8 Å². The van der Waals surface area contributed by atoms with E-state index in [1.165, 1.54) is 0 Å². The molecule has 0 spiro atoms. The maximum atomic E-state index is 11.4. The second-order valence-corrected chi connectivity index (χ2v) is 5.17. The molecule has 1 atom stereocenters. The first-order chi connectivity index (χ1) is 10.6. The summed E-state index contributed by atoms with van der Waals surface area (Å²) >= 11 is 0. The number of para-hydroxylation sites is 1. The number of carbonyl (C=O) groups is 1. The monoisotopic (exact) mass is 295 g/mol. The molecule has 0 radical (unpaired) electrons.